The van der Waals surface area contributed by atoms with Crippen LogP contribution in [0.1, 0.15) is 31.7 Å². The third-order valence-corrected chi connectivity index (χ3v) is 4.62. The molecule has 1 heterocycles. The maximum Gasteiger partial charge on any atom is 0.192 e. The molecule has 2 N–H and O–H groups in total. The molecule has 1 aromatic rings. The topological polar surface area (TPSA) is 41.6 Å². The van der Waals surface area contributed by atoms with Gasteiger partial charge in [-0.3, -0.25) is 4.99 Å². The van der Waals surface area contributed by atoms with Crippen molar-refractivity contribution in [2.45, 2.75) is 31.7 Å². The fourth-order valence-electron chi connectivity index (χ4n) is 2.96. The average molecular weight is 278 g/mol. The van der Waals surface area contributed by atoms with Gasteiger partial charge in [-0.25, -0.2) is 0 Å². The minimum atomic E-state index is -0.0996. The highest BCUT2D eigenvalue weighted by Gasteiger charge is 2.44. The summed E-state index contributed by atoms with van der Waals surface area (Å²) in [5.74, 6) is 1.48. The molecule has 4 heteroatoms. The van der Waals surface area contributed by atoms with Crippen LogP contribution in [-0.2, 0) is 5.54 Å². The number of nitrogens with zero attached hydrogens (tertiary/aromatic N) is 2. The molecule has 0 bridgehead atoms. The quantitative estimate of drug-likeness (QED) is 0.919. The van der Waals surface area contributed by atoms with Gasteiger partial charge in [-0.2, -0.15) is 0 Å². The molecule has 3 rings (SSSR count). The molecular weight excluding hydrogens is 258 g/mol. The van der Waals surface area contributed by atoms with E-state index >= 15 is 0 Å². The minimum Gasteiger partial charge on any atom is -0.370 e. The van der Waals surface area contributed by atoms with Crippen molar-refractivity contribution in [3.63, 3.8) is 0 Å². The van der Waals surface area contributed by atoms with Crippen molar-refractivity contribution in [3.05, 3.63) is 34.9 Å². The zero-order chi connectivity index (χ0) is 13.5. The molecule has 102 valence electrons. The summed E-state index contributed by atoms with van der Waals surface area (Å²) >= 11 is 6.16. The summed E-state index contributed by atoms with van der Waals surface area (Å²) < 4.78 is 0. The lowest BCUT2D eigenvalue weighted by Gasteiger charge is -2.39. The van der Waals surface area contributed by atoms with E-state index in [1.165, 1.54) is 18.4 Å². The Morgan fingerprint density at radius 2 is 2.26 bits per heavy atom. The average Bonchev–Trinajstić information content (AvgIpc) is 3.16. The van der Waals surface area contributed by atoms with Crippen LogP contribution >= 0.6 is 11.6 Å². The monoisotopic (exact) mass is 277 g/mol. The van der Waals surface area contributed by atoms with Crippen molar-refractivity contribution >= 4 is 17.6 Å². The number of hydrogen-bond donors (Lipinski definition) is 1. The molecule has 0 saturated heterocycles. The minimum absolute atomic E-state index is 0.0996. The van der Waals surface area contributed by atoms with E-state index in [9.17, 15) is 0 Å². The number of halogens is 1. The van der Waals surface area contributed by atoms with Crippen molar-refractivity contribution in [1.29, 1.82) is 0 Å². The van der Waals surface area contributed by atoms with Gasteiger partial charge in [0, 0.05) is 11.6 Å². The maximum absolute atomic E-state index is 6.16. The van der Waals surface area contributed by atoms with Crippen LogP contribution in [-0.4, -0.2) is 23.9 Å². The molecule has 0 amide bonds. The highest BCUT2D eigenvalue weighted by Crippen LogP contribution is 2.40. The van der Waals surface area contributed by atoms with Gasteiger partial charge in [0.2, 0.25) is 0 Å². The van der Waals surface area contributed by atoms with E-state index in [2.05, 4.69) is 28.9 Å². The first-order valence-electron chi connectivity index (χ1n) is 6.99. The molecule has 3 nitrogen and oxygen atoms in total. The zero-order valence-corrected chi connectivity index (χ0v) is 12.0. The Bertz CT molecular complexity index is 510. The normalized spacial score (nSPS) is 26.6. The lowest BCUT2D eigenvalue weighted by atomic mass is 9.86. The Morgan fingerprint density at radius 3 is 2.89 bits per heavy atom. The number of hydrogen-bond acceptors (Lipinski definition) is 3. The first-order chi connectivity index (χ1) is 9.15. The van der Waals surface area contributed by atoms with Crippen LogP contribution in [0.3, 0.4) is 0 Å². The summed E-state index contributed by atoms with van der Waals surface area (Å²) in [7, 11) is 0. The molecule has 1 fully saturated rings. The van der Waals surface area contributed by atoms with Crippen molar-refractivity contribution in [2.75, 3.05) is 13.1 Å². The van der Waals surface area contributed by atoms with Gasteiger partial charge in [-0.05, 0) is 42.9 Å². The Hall–Kier alpha value is -1.22. The van der Waals surface area contributed by atoms with Crippen LogP contribution < -0.4 is 5.73 Å². The molecule has 1 saturated carbocycles. The van der Waals surface area contributed by atoms with E-state index in [0.717, 1.165) is 30.5 Å². The Morgan fingerprint density at radius 1 is 1.47 bits per heavy atom. The van der Waals surface area contributed by atoms with E-state index in [4.69, 9.17) is 17.3 Å². The number of benzene rings is 1. The summed E-state index contributed by atoms with van der Waals surface area (Å²) in [6.07, 6.45) is 3.63. The second kappa shape index (κ2) is 4.71. The van der Waals surface area contributed by atoms with Crippen molar-refractivity contribution in [3.8, 4) is 0 Å². The van der Waals surface area contributed by atoms with Gasteiger partial charge in [0.1, 0.15) is 0 Å². The molecule has 1 unspecified atom stereocenters. The van der Waals surface area contributed by atoms with Gasteiger partial charge in [0.15, 0.2) is 5.96 Å². The maximum atomic E-state index is 6.16. The van der Waals surface area contributed by atoms with Crippen LogP contribution in [0, 0.1) is 5.92 Å². The smallest absolute Gasteiger partial charge is 0.192 e. The summed E-state index contributed by atoms with van der Waals surface area (Å²) in [5, 5.41) is 0.780. The van der Waals surface area contributed by atoms with Gasteiger partial charge in [0.05, 0.1) is 12.1 Å². The molecule has 1 atom stereocenters. The fourth-order valence-corrected chi connectivity index (χ4v) is 3.15. The number of nitrogens with two attached hydrogens (primary N) is 1. The predicted octanol–water partition coefficient (Wildman–Crippen LogP) is 2.99. The Labute approximate surface area is 119 Å². The molecule has 0 spiro atoms. The van der Waals surface area contributed by atoms with Gasteiger partial charge < -0.3 is 10.6 Å². The molecule has 19 heavy (non-hydrogen) atoms. The third kappa shape index (κ3) is 2.20. The lowest BCUT2D eigenvalue weighted by molar-refractivity contribution is 0.187. The highest BCUT2D eigenvalue weighted by atomic mass is 35.5. The molecule has 1 aromatic carbocycles. The molecule has 0 aromatic heterocycles. The summed E-state index contributed by atoms with van der Waals surface area (Å²) in [6, 6.07) is 8.13. The standard InChI is InChI=1S/C15H20ClN3/c1-2-15(12-4-3-5-13(16)8-12)10-18-14(17)19(15)9-11-6-7-11/h3-5,8,11H,2,6-7,9-10H2,1H3,(H2,17,18). The Kier molecular flexibility index (Phi) is 3.17. The molecular formula is C15H20ClN3. The largest absolute Gasteiger partial charge is 0.370 e. The predicted molar refractivity (Wildman–Crippen MR) is 79.3 cm³/mol. The van der Waals surface area contributed by atoms with E-state index in [0.29, 0.717) is 5.96 Å². The number of aliphatic imine (C=N–C) groups is 1. The Balaban J connectivity index is 1.97. The molecule has 2 aliphatic rings. The van der Waals surface area contributed by atoms with E-state index < -0.39 is 0 Å². The third-order valence-electron chi connectivity index (χ3n) is 4.38. The highest BCUT2D eigenvalue weighted by molar-refractivity contribution is 6.30. The summed E-state index contributed by atoms with van der Waals surface area (Å²) in [5.41, 5.74) is 7.25. The van der Waals surface area contributed by atoms with E-state index in [-0.39, 0.29) is 5.54 Å². The zero-order valence-electron chi connectivity index (χ0n) is 11.3. The molecule has 0 radical (unpaired) electrons. The molecule has 1 aliphatic heterocycles. The number of guanidine groups is 1. The van der Waals surface area contributed by atoms with Crippen molar-refractivity contribution in [2.24, 2.45) is 16.6 Å². The van der Waals surface area contributed by atoms with Crippen LogP contribution in [0.15, 0.2) is 29.3 Å². The van der Waals surface area contributed by atoms with Gasteiger partial charge in [0.25, 0.3) is 0 Å². The van der Waals surface area contributed by atoms with Crippen molar-refractivity contribution in [1.82, 2.24) is 4.90 Å². The second-order valence-electron chi connectivity index (χ2n) is 5.62. The first-order valence-corrected chi connectivity index (χ1v) is 7.37. The van der Waals surface area contributed by atoms with Crippen LogP contribution in [0.25, 0.3) is 0 Å². The second-order valence-corrected chi connectivity index (χ2v) is 6.06. The lowest BCUT2D eigenvalue weighted by Crippen LogP contribution is -2.49. The summed E-state index contributed by atoms with van der Waals surface area (Å²) in [6.45, 7) is 3.97. The molecule has 1 aliphatic carbocycles. The van der Waals surface area contributed by atoms with Crippen LogP contribution in [0.5, 0.6) is 0 Å². The van der Waals surface area contributed by atoms with Crippen molar-refractivity contribution < 1.29 is 0 Å². The van der Waals surface area contributed by atoms with Gasteiger partial charge in [-0.15, -0.1) is 0 Å². The van der Waals surface area contributed by atoms with Gasteiger partial charge in [-0.1, -0.05) is 30.7 Å². The number of rotatable bonds is 4. The van der Waals surface area contributed by atoms with E-state index in [1.54, 1.807) is 0 Å². The first kappa shape index (κ1) is 12.8. The SMILES string of the molecule is CCC1(c2cccc(Cl)c2)CN=C(N)N1CC1CC1. The van der Waals surface area contributed by atoms with Crippen LogP contribution in [0.2, 0.25) is 5.02 Å². The van der Waals surface area contributed by atoms with E-state index in [1.807, 2.05) is 12.1 Å². The van der Waals surface area contributed by atoms with Gasteiger partial charge >= 0.3 is 0 Å². The summed E-state index contributed by atoms with van der Waals surface area (Å²) in [4.78, 5) is 6.81. The fraction of sp³-hybridized carbons (Fsp3) is 0.533. The van der Waals surface area contributed by atoms with Crippen LogP contribution in [0.4, 0.5) is 0 Å².